The molecule has 2 aromatic rings. The molecule has 0 spiro atoms. The number of carbonyl (C=O) groups excluding carboxylic acids is 1. The number of carbonyl (C=O) groups is 1. The SMILES string of the molecule is CCOC(=O)c1nc(-c2ccccc2OCC)ns1. The molecule has 0 aliphatic heterocycles. The number of benzene rings is 1. The number of para-hydroxylation sites is 1. The molecule has 6 heteroatoms. The van der Waals surface area contributed by atoms with E-state index in [1.165, 1.54) is 0 Å². The van der Waals surface area contributed by atoms with E-state index in [0.717, 1.165) is 17.1 Å². The maximum absolute atomic E-state index is 11.6. The van der Waals surface area contributed by atoms with E-state index in [4.69, 9.17) is 9.47 Å². The fraction of sp³-hybridized carbons (Fsp3) is 0.308. The molecule has 0 aliphatic carbocycles. The van der Waals surface area contributed by atoms with Gasteiger partial charge in [0, 0.05) is 0 Å². The Morgan fingerprint density at radius 3 is 2.79 bits per heavy atom. The van der Waals surface area contributed by atoms with Crippen LogP contribution >= 0.6 is 11.5 Å². The zero-order valence-electron chi connectivity index (χ0n) is 10.8. The van der Waals surface area contributed by atoms with Gasteiger partial charge in [-0.2, -0.15) is 4.37 Å². The molecule has 2 rings (SSSR count). The van der Waals surface area contributed by atoms with E-state index in [2.05, 4.69) is 9.36 Å². The summed E-state index contributed by atoms with van der Waals surface area (Å²) >= 11 is 1.03. The molecule has 0 radical (unpaired) electrons. The normalized spacial score (nSPS) is 10.2. The lowest BCUT2D eigenvalue weighted by Crippen LogP contribution is -2.03. The van der Waals surface area contributed by atoms with E-state index < -0.39 is 5.97 Å². The number of hydrogen-bond donors (Lipinski definition) is 0. The summed E-state index contributed by atoms with van der Waals surface area (Å²) in [7, 11) is 0. The predicted molar refractivity (Wildman–Crippen MR) is 72.5 cm³/mol. The molecule has 0 bridgehead atoms. The summed E-state index contributed by atoms with van der Waals surface area (Å²) < 4.78 is 14.6. The van der Waals surface area contributed by atoms with Crippen molar-refractivity contribution in [3.05, 3.63) is 29.3 Å². The highest BCUT2D eigenvalue weighted by atomic mass is 32.1. The Morgan fingerprint density at radius 2 is 2.05 bits per heavy atom. The molecule has 0 saturated heterocycles. The van der Waals surface area contributed by atoms with Crippen molar-refractivity contribution in [1.29, 1.82) is 0 Å². The first-order valence-corrected chi connectivity index (χ1v) is 6.76. The molecule has 0 N–H and O–H groups in total. The van der Waals surface area contributed by atoms with Crippen molar-refractivity contribution in [3.8, 4) is 17.1 Å². The second kappa shape index (κ2) is 6.29. The lowest BCUT2D eigenvalue weighted by atomic mass is 10.2. The van der Waals surface area contributed by atoms with Gasteiger partial charge in [0.15, 0.2) is 5.82 Å². The topological polar surface area (TPSA) is 61.3 Å². The molecule has 0 fully saturated rings. The molecule has 0 saturated carbocycles. The van der Waals surface area contributed by atoms with E-state index in [1.807, 2.05) is 31.2 Å². The highest BCUT2D eigenvalue weighted by molar-refractivity contribution is 7.07. The Balaban J connectivity index is 2.30. The van der Waals surface area contributed by atoms with Crippen LogP contribution in [0.15, 0.2) is 24.3 Å². The van der Waals surface area contributed by atoms with Crippen LogP contribution in [0.25, 0.3) is 11.4 Å². The number of aromatic nitrogens is 2. The summed E-state index contributed by atoms with van der Waals surface area (Å²) in [6.07, 6.45) is 0. The second-order valence-electron chi connectivity index (χ2n) is 3.57. The van der Waals surface area contributed by atoms with Gasteiger partial charge in [-0.15, -0.1) is 0 Å². The minimum atomic E-state index is -0.444. The second-order valence-corrected chi connectivity index (χ2v) is 4.32. The number of nitrogens with zero attached hydrogens (tertiary/aromatic N) is 2. The molecular weight excluding hydrogens is 264 g/mol. The van der Waals surface area contributed by atoms with E-state index >= 15 is 0 Å². The van der Waals surface area contributed by atoms with Crippen molar-refractivity contribution in [3.63, 3.8) is 0 Å². The number of ether oxygens (including phenoxy) is 2. The lowest BCUT2D eigenvalue weighted by molar-refractivity contribution is 0.0526. The van der Waals surface area contributed by atoms with Crippen LogP contribution in [0, 0.1) is 0 Å². The Kier molecular flexibility index (Phi) is 4.46. The van der Waals surface area contributed by atoms with Crippen LogP contribution in [0.2, 0.25) is 0 Å². The lowest BCUT2D eigenvalue weighted by Gasteiger charge is -2.06. The summed E-state index contributed by atoms with van der Waals surface area (Å²) in [6, 6.07) is 7.47. The first kappa shape index (κ1) is 13.5. The average Bonchev–Trinajstić information content (AvgIpc) is 2.90. The Morgan fingerprint density at radius 1 is 1.26 bits per heavy atom. The quantitative estimate of drug-likeness (QED) is 0.787. The maximum atomic E-state index is 11.6. The van der Waals surface area contributed by atoms with Crippen molar-refractivity contribution >= 4 is 17.5 Å². The average molecular weight is 278 g/mol. The van der Waals surface area contributed by atoms with E-state index in [9.17, 15) is 4.79 Å². The minimum Gasteiger partial charge on any atom is -0.493 e. The van der Waals surface area contributed by atoms with Crippen molar-refractivity contribution in [2.24, 2.45) is 0 Å². The van der Waals surface area contributed by atoms with Gasteiger partial charge in [0.2, 0.25) is 5.01 Å². The van der Waals surface area contributed by atoms with Gasteiger partial charge in [-0.1, -0.05) is 12.1 Å². The molecule has 19 heavy (non-hydrogen) atoms. The fourth-order valence-corrected chi connectivity index (χ4v) is 2.11. The number of hydrogen-bond acceptors (Lipinski definition) is 6. The summed E-state index contributed by atoms with van der Waals surface area (Å²) in [5, 5.41) is 0.253. The van der Waals surface area contributed by atoms with E-state index in [0.29, 0.717) is 24.8 Å². The Bertz CT molecular complexity index is 569. The van der Waals surface area contributed by atoms with Gasteiger partial charge < -0.3 is 9.47 Å². The third-order valence-electron chi connectivity index (χ3n) is 2.30. The molecule has 1 aromatic heterocycles. The van der Waals surface area contributed by atoms with Crippen LogP contribution in [0.1, 0.15) is 23.6 Å². The van der Waals surface area contributed by atoms with Crippen molar-refractivity contribution < 1.29 is 14.3 Å². The van der Waals surface area contributed by atoms with Crippen LogP contribution < -0.4 is 4.74 Å². The van der Waals surface area contributed by atoms with Crippen LogP contribution in [0.3, 0.4) is 0 Å². The van der Waals surface area contributed by atoms with Crippen molar-refractivity contribution in [2.45, 2.75) is 13.8 Å². The molecule has 0 atom stereocenters. The van der Waals surface area contributed by atoms with Gasteiger partial charge in [-0.3, -0.25) is 0 Å². The molecule has 0 aliphatic rings. The molecule has 5 nitrogen and oxygen atoms in total. The molecular formula is C13H14N2O3S. The van der Waals surface area contributed by atoms with Crippen LogP contribution in [-0.4, -0.2) is 28.5 Å². The predicted octanol–water partition coefficient (Wildman–Crippen LogP) is 2.78. The largest absolute Gasteiger partial charge is 0.493 e. The van der Waals surface area contributed by atoms with Crippen LogP contribution in [0.5, 0.6) is 5.75 Å². The van der Waals surface area contributed by atoms with Gasteiger partial charge in [0.25, 0.3) is 0 Å². The van der Waals surface area contributed by atoms with Gasteiger partial charge in [-0.05, 0) is 37.5 Å². The minimum absolute atomic E-state index is 0.253. The fourth-order valence-electron chi connectivity index (χ4n) is 1.54. The third-order valence-corrected chi connectivity index (χ3v) is 3.00. The first-order valence-electron chi connectivity index (χ1n) is 5.99. The molecule has 0 unspecified atom stereocenters. The van der Waals surface area contributed by atoms with Gasteiger partial charge in [0.1, 0.15) is 5.75 Å². The zero-order valence-corrected chi connectivity index (χ0v) is 11.6. The molecule has 1 aromatic carbocycles. The summed E-state index contributed by atoms with van der Waals surface area (Å²) in [5.74, 6) is 0.746. The number of esters is 1. The Labute approximate surface area is 115 Å². The maximum Gasteiger partial charge on any atom is 0.369 e. The van der Waals surface area contributed by atoms with E-state index in [1.54, 1.807) is 6.92 Å². The molecule has 100 valence electrons. The van der Waals surface area contributed by atoms with Crippen LogP contribution in [0.4, 0.5) is 0 Å². The summed E-state index contributed by atoms with van der Waals surface area (Å²) in [6.45, 7) is 4.55. The monoisotopic (exact) mass is 278 g/mol. The molecule has 0 amide bonds. The highest BCUT2D eigenvalue weighted by Gasteiger charge is 2.16. The van der Waals surface area contributed by atoms with E-state index in [-0.39, 0.29) is 5.01 Å². The number of rotatable bonds is 5. The highest BCUT2D eigenvalue weighted by Crippen LogP contribution is 2.28. The standard InChI is InChI=1S/C13H14N2O3S/c1-3-17-10-8-6-5-7-9(10)11-14-12(19-15-11)13(16)18-4-2/h5-8H,3-4H2,1-2H3. The zero-order chi connectivity index (χ0) is 13.7. The van der Waals surface area contributed by atoms with Gasteiger partial charge in [-0.25, -0.2) is 9.78 Å². The molecule has 1 heterocycles. The summed E-state index contributed by atoms with van der Waals surface area (Å²) in [5.41, 5.74) is 0.774. The van der Waals surface area contributed by atoms with Crippen molar-refractivity contribution in [2.75, 3.05) is 13.2 Å². The first-order chi connectivity index (χ1) is 9.26. The summed E-state index contributed by atoms with van der Waals surface area (Å²) in [4.78, 5) is 15.7. The third kappa shape index (κ3) is 3.08. The Hall–Kier alpha value is -1.95. The van der Waals surface area contributed by atoms with Crippen LogP contribution in [-0.2, 0) is 4.74 Å². The van der Waals surface area contributed by atoms with Gasteiger partial charge >= 0.3 is 5.97 Å². The van der Waals surface area contributed by atoms with Gasteiger partial charge in [0.05, 0.1) is 18.8 Å². The smallest absolute Gasteiger partial charge is 0.369 e. The van der Waals surface area contributed by atoms with Crippen molar-refractivity contribution in [1.82, 2.24) is 9.36 Å².